The number of allylic oxidation sites excluding steroid dienone is 1. The fraction of sp³-hybridized carbons (Fsp3) is 0.515. The minimum absolute atomic E-state index is 0.0781. The lowest BCUT2D eigenvalue weighted by atomic mass is 9.68. The number of nitrogens with zero attached hydrogens (tertiary/aromatic N) is 1. The molecule has 1 amide bonds. The predicted molar refractivity (Wildman–Crippen MR) is 168 cm³/mol. The Bertz CT molecular complexity index is 1560. The van der Waals surface area contributed by atoms with Gasteiger partial charge in [-0.15, -0.1) is 0 Å². The van der Waals surface area contributed by atoms with Crippen LogP contribution in [-0.4, -0.2) is 63.6 Å². The number of aliphatic carboxylic acids is 1. The quantitative estimate of drug-likeness (QED) is 0.442. The van der Waals surface area contributed by atoms with Crippen molar-refractivity contribution in [2.75, 3.05) is 37.0 Å². The van der Waals surface area contributed by atoms with Gasteiger partial charge in [-0.2, -0.15) is 0 Å². The molecule has 1 fully saturated rings. The highest BCUT2D eigenvalue weighted by Crippen LogP contribution is 2.47. The van der Waals surface area contributed by atoms with Crippen molar-refractivity contribution < 1.29 is 32.6 Å². The number of hydrogen-bond acceptors (Lipinski definition) is 7. The molecular formula is C33H39ClN2O7S. The summed E-state index contributed by atoms with van der Waals surface area (Å²) in [6, 6.07) is 11.3. The Hall–Kier alpha value is -3.08. The lowest BCUT2D eigenvalue weighted by Gasteiger charge is -2.46. The number of carbonyl (C=O) groups is 2. The van der Waals surface area contributed by atoms with Crippen molar-refractivity contribution in [2.45, 2.75) is 62.9 Å². The van der Waals surface area contributed by atoms with E-state index in [2.05, 4.69) is 21.8 Å². The minimum Gasteiger partial charge on any atom is -0.490 e. The Morgan fingerprint density at radius 3 is 2.84 bits per heavy atom. The van der Waals surface area contributed by atoms with Crippen molar-refractivity contribution in [2.24, 2.45) is 11.8 Å². The first-order valence-corrected chi connectivity index (χ1v) is 17.5. The second kappa shape index (κ2) is 12.7. The van der Waals surface area contributed by atoms with E-state index in [0.29, 0.717) is 43.3 Å². The number of halogens is 1. The maximum Gasteiger partial charge on any atom is 0.305 e. The standard InChI is InChI=1S/C33H39ClN2O7S/c34-25-9-11-27-22(17-25)5-4-14-33(27)20-36-19-24-7-10-26(24)29(42-15-13-31(37)38)6-2-1-3-16-44(40,41)35-32(39)23-8-12-30(43-21-33)28(36)18-23/h2,6,8-9,11-12,17-18,24,26,29H,1,3-5,7,10,13-16,19-21H2,(H,35,39)(H,37,38)/b6-2-/t24-,26+,29+,33-/m0/s1. The summed E-state index contributed by atoms with van der Waals surface area (Å²) in [6.45, 7) is 1.95. The molecule has 4 atom stereocenters. The summed E-state index contributed by atoms with van der Waals surface area (Å²) in [4.78, 5) is 26.7. The van der Waals surface area contributed by atoms with Crippen LogP contribution in [-0.2, 0) is 31.4 Å². The van der Waals surface area contributed by atoms with Gasteiger partial charge in [0, 0.05) is 29.1 Å². The number of carboxylic acids is 1. The fourth-order valence-electron chi connectivity index (χ4n) is 7.27. The summed E-state index contributed by atoms with van der Waals surface area (Å²) in [5.41, 5.74) is 3.21. The Morgan fingerprint density at radius 2 is 2.05 bits per heavy atom. The highest BCUT2D eigenvalue weighted by molar-refractivity contribution is 7.90. The van der Waals surface area contributed by atoms with E-state index in [4.69, 9.17) is 21.1 Å². The number of benzene rings is 2. The van der Waals surface area contributed by atoms with Crippen molar-refractivity contribution in [3.05, 3.63) is 70.3 Å². The van der Waals surface area contributed by atoms with Gasteiger partial charge in [-0.25, -0.2) is 13.1 Å². The van der Waals surface area contributed by atoms with Crippen LogP contribution in [0.3, 0.4) is 0 Å². The van der Waals surface area contributed by atoms with Gasteiger partial charge >= 0.3 is 5.97 Å². The van der Waals surface area contributed by atoms with E-state index in [-0.39, 0.29) is 47.7 Å². The molecule has 44 heavy (non-hydrogen) atoms. The number of carbonyl (C=O) groups excluding carboxylic acids is 1. The van der Waals surface area contributed by atoms with Crippen molar-refractivity contribution in [1.29, 1.82) is 0 Å². The molecule has 6 rings (SSSR count). The summed E-state index contributed by atoms with van der Waals surface area (Å²) >= 11 is 6.39. The van der Waals surface area contributed by atoms with E-state index < -0.39 is 21.9 Å². The van der Waals surface area contributed by atoms with E-state index in [0.717, 1.165) is 37.8 Å². The van der Waals surface area contributed by atoms with Crippen LogP contribution < -0.4 is 14.4 Å². The lowest BCUT2D eigenvalue weighted by Crippen LogP contribution is -2.49. The Morgan fingerprint density at radius 1 is 1.18 bits per heavy atom. The molecule has 0 radical (unpaired) electrons. The molecule has 0 saturated heterocycles. The largest absolute Gasteiger partial charge is 0.490 e. The maximum atomic E-state index is 13.2. The molecule has 9 nitrogen and oxygen atoms in total. The molecule has 1 saturated carbocycles. The highest BCUT2D eigenvalue weighted by atomic mass is 35.5. The normalized spacial score (nSPS) is 28.8. The monoisotopic (exact) mass is 642 g/mol. The van der Waals surface area contributed by atoms with Gasteiger partial charge in [-0.05, 0) is 98.2 Å². The van der Waals surface area contributed by atoms with Gasteiger partial charge in [0.1, 0.15) is 5.75 Å². The Labute approximate surface area is 263 Å². The van der Waals surface area contributed by atoms with Crippen LogP contribution in [0.15, 0.2) is 48.6 Å². The Kier molecular flexibility index (Phi) is 8.95. The molecule has 1 spiro atoms. The van der Waals surface area contributed by atoms with Crippen molar-refractivity contribution in [3.8, 4) is 5.75 Å². The van der Waals surface area contributed by atoms with Gasteiger partial charge in [0.2, 0.25) is 10.0 Å². The number of anilines is 1. The molecule has 2 heterocycles. The number of rotatable bonds is 4. The molecular weight excluding hydrogens is 604 g/mol. The van der Waals surface area contributed by atoms with E-state index in [1.807, 2.05) is 18.2 Å². The number of ether oxygens (including phenoxy) is 2. The zero-order chi connectivity index (χ0) is 30.9. The summed E-state index contributed by atoms with van der Waals surface area (Å²) < 4.78 is 40.4. The molecule has 4 aliphatic rings. The van der Waals surface area contributed by atoms with E-state index in [1.54, 1.807) is 18.2 Å². The highest BCUT2D eigenvalue weighted by Gasteiger charge is 2.44. The number of amides is 1. The number of carboxylic acid groups (broad SMARTS) is 1. The van der Waals surface area contributed by atoms with E-state index in [9.17, 15) is 23.1 Å². The summed E-state index contributed by atoms with van der Waals surface area (Å²) in [7, 11) is -3.84. The maximum absolute atomic E-state index is 13.2. The molecule has 2 aliphatic carbocycles. The van der Waals surface area contributed by atoms with Gasteiger partial charge in [0.15, 0.2) is 0 Å². The van der Waals surface area contributed by atoms with Gasteiger partial charge in [-0.1, -0.05) is 29.8 Å². The Balaban J connectivity index is 1.38. The van der Waals surface area contributed by atoms with Crippen molar-refractivity contribution >= 4 is 39.2 Å². The summed E-state index contributed by atoms with van der Waals surface area (Å²) in [5, 5.41) is 9.90. The fourth-order valence-corrected chi connectivity index (χ4v) is 8.51. The number of sulfonamides is 1. The molecule has 2 aromatic carbocycles. The van der Waals surface area contributed by atoms with Gasteiger partial charge < -0.3 is 19.5 Å². The molecule has 0 unspecified atom stereocenters. The lowest BCUT2D eigenvalue weighted by molar-refractivity contribution is -0.139. The average Bonchev–Trinajstić information content (AvgIpc) is 3.11. The first-order valence-electron chi connectivity index (χ1n) is 15.5. The topological polar surface area (TPSA) is 122 Å². The van der Waals surface area contributed by atoms with Crippen LogP contribution in [0.4, 0.5) is 5.69 Å². The van der Waals surface area contributed by atoms with Crippen molar-refractivity contribution in [1.82, 2.24) is 4.72 Å². The van der Waals surface area contributed by atoms with E-state index >= 15 is 0 Å². The zero-order valence-corrected chi connectivity index (χ0v) is 26.2. The SMILES string of the molecule is O=C(O)CCO[C@@H]1/C=C\CCCS(=O)(=O)NC(=O)c2ccc3c(c2)N(C[C@@H]2CC[C@H]21)C[C@@]1(CCCc2cc(Cl)ccc21)CO3. The number of aryl methyl sites for hydroxylation is 1. The van der Waals surface area contributed by atoms with Gasteiger partial charge in [0.25, 0.3) is 5.91 Å². The zero-order valence-electron chi connectivity index (χ0n) is 24.7. The third-order valence-corrected chi connectivity index (χ3v) is 11.2. The third-order valence-electron chi connectivity index (χ3n) is 9.64. The summed E-state index contributed by atoms with van der Waals surface area (Å²) in [5.74, 6) is -0.628. The van der Waals surface area contributed by atoms with Gasteiger partial charge in [0.05, 0.1) is 37.2 Å². The van der Waals surface area contributed by atoms with Crippen LogP contribution in [0.5, 0.6) is 5.75 Å². The summed E-state index contributed by atoms with van der Waals surface area (Å²) in [6.07, 6.45) is 9.24. The first-order chi connectivity index (χ1) is 21.1. The van der Waals surface area contributed by atoms with Crippen LogP contribution in [0.25, 0.3) is 0 Å². The first kappa shape index (κ1) is 30.9. The molecule has 2 bridgehead atoms. The molecule has 0 aromatic heterocycles. The van der Waals surface area contributed by atoms with Crippen LogP contribution >= 0.6 is 11.6 Å². The number of fused-ring (bicyclic) bond motifs is 4. The van der Waals surface area contributed by atoms with Crippen LogP contribution in [0.2, 0.25) is 5.02 Å². The molecule has 2 aliphatic heterocycles. The van der Waals surface area contributed by atoms with E-state index in [1.165, 1.54) is 11.1 Å². The molecule has 2 aromatic rings. The van der Waals surface area contributed by atoms with Gasteiger partial charge in [-0.3, -0.25) is 9.59 Å². The minimum atomic E-state index is -3.84. The van der Waals surface area contributed by atoms with Crippen molar-refractivity contribution in [3.63, 3.8) is 0 Å². The van der Waals surface area contributed by atoms with Crippen LogP contribution in [0, 0.1) is 11.8 Å². The predicted octanol–water partition coefficient (Wildman–Crippen LogP) is 5.11. The van der Waals surface area contributed by atoms with Crippen LogP contribution in [0.1, 0.15) is 66.4 Å². The average molecular weight is 643 g/mol. The molecule has 2 N–H and O–H groups in total. The second-order valence-corrected chi connectivity index (χ2v) is 14.9. The smallest absolute Gasteiger partial charge is 0.305 e. The molecule has 236 valence electrons. The second-order valence-electron chi connectivity index (χ2n) is 12.6. The number of nitrogens with one attached hydrogen (secondary N) is 1. The molecule has 11 heteroatoms. The number of hydrogen-bond donors (Lipinski definition) is 2. The third kappa shape index (κ3) is 6.62.